The summed E-state index contributed by atoms with van der Waals surface area (Å²) in [5.74, 6) is -0.0566. The molecule has 0 atom stereocenters. The van der Waals surface area contributed by atoms with E-state index in [1.807, 2.05) is 0 Å². The molecule has 1 aromatic carbocycles. The highest BCUT2D eigenvalue weighted by Crippen LogP contribution is 2.26. The van der Waals surface area contributed by atoms with Crippen LogP contribution in [0.15, 0.2) is 36.5 Å². The van der Waals surface area contributed by atoms with Crippen LogP contribution in [0, 0.1) is 10.1 Å². The maximum Gasteiger partial charge on any atom is 0.311 e. The minimum atomic E-state index is -0.507. The number of benzene rings is 1. The number of amides is 1. The van der Waals surface area contributed by atoms with Crippen LogP contribution >= 0.6 is 0 Å². The number of hydrogen-bond acceptors (Lipinski definition) is 5. The lowest BCUT2D eigenvalue weighted by Crippen LogP contribution is -2.26. The lowest BCUT2D eigenvalue weighted by molar-refractivity contribution is -0.386. The normalized spacial score (nSPS) is 13.6. The van der Waals surface area contributed by atoms with Crippen LogP contribution in [0.5, 0.6) is 5.75 Å². The number of hydrogen-bond donors (Lipinski definition) is 1. The Morgan fingerprint density at radius 2 is 2.18 bits per heavy atom. The molecule has 3 rings (SSSR count). The summed E-state index contributed by atoms with van der Waals surface area (Å²) in [6.07, 6.45) is 3.61. The molecule has 1 aromatic heterocycles. The predicted molar refractivity (Wildman–Crippen MR) is 76.4 cm³/mol. The van der Waals surface area contributed by atoms with Crippen molar-refractivity contribution >= 4 is 11.6 Å². The van der Waals surface area contributed by atoms with Crippen molar-refractivity contribution in [3.05, 3.63) is 52.3 Å². The molecule has 0 radical (unpaired) electrons. The number of nitro benzene ring substituents is 1. The smallest absolute Gasteiger partial charge is 0.311 e. The number of carbonyl (C=O) groups excluding carboxylic acids is 1. The molecule has 0 aliphatic heterocycles. The third kappa shape index (κ3) is 3.22. The van der Waals surface area contributed by atoms with E-state index >= 15 is 0 Å². The summed E-state index contributed by atoms with van der Waals surface area (Å²) in [6.45, 7) is -0.0123. The first-order chi connectivity index (χ1) is 10.6. The van der Waals surface area contributed by atoms with Gasteiger partial charge in [0.05, 0.1) is 4.92 Å². The molecule has 1 amide bonds. The van der Waals surface area contributed by atoms with E-state index in [1.165, 1.54) is 16.8 Å². The van der Waals surface area contributed by atoms with Crippen molar-refractivity contribution in [1.29, 1.82) is 0 Å². The number of aromatic nitrogens is 2. The van der Waals surface area contributed by atoms with Crippen LogP contribution in [0.2, 0.25) is 0 Å². The van der Waals surface area contributed by atoms with Crippen molar-refractivity contribution < 1.29 is 14.5 Å². The van der Waals surface area contributed by atoms with Gasteiger partial charge >= 0.3 is 5.69 Å². The van der Waals surface area contributed by atoms with Crippen molar-refractivity contribution in [1.82, 2.24) is 15.1 Å². The maximum absolute atomic E-state index is 11.8. The molecular formula is C14H14N4O4. The second kappa shape index (κ2) is 5.84. The zero-order valence-corrected chi connectivity index (χ0v) is 11.6. The monoisotopic (exact) mass is 302 g/mol. The summed E-state index contributed by atoms with van der Waals surface area (Å²) >= 11 is 0. The molecule has 1 saturated carbocycles. The molecule has 1 heterocycles. The van der Waals surface area contributed by atoms with Gasteiger partial charge in [-0.15, -0.1) is 0 Å². The molecule has 0 spiro atoms. The lowest BCUT2D eigenvalue weighted by atomic mass is 10.3. The molecule has 0 bridgehead atoms. The van der Waals surface area contributed by atoms with Crippen molar-refractivity contribution in [2.75, 3.05) is 0 Å². The first-order valence-corrected chi connectivity index (χ1v) is 6.84. The number of nitrogens with one attached hydrogen (secondary N) is 1. The molecule has 22 heavy (non-hydrogen) atoms. The third-order valence-electron chi connectivity index (χ3n) is 3.20. The van der Waals surface area contributed by atoms with E-state index in [9.17, 15) is 14.9 Å². The van der Waals surface area contributed by atoms with Crippen molar-refractivity contribution in [3.8, 4) is 5.75 Å². The van der Waals surface area contributed by atoms with Gasteiger partial charge in [0.25, 0.3) is 5.91 Å². The van der Waals surface area contributed by atoms with Crippen LogP contribution < -0.4 is 10.1 Å². The molecule has 8 nitrogen and oxygen atoms in total. The Morgan fingerprint density at radius 3 is 2.91 bits per heavy atom. The van der Waals surface area contributed by atoms with E-state index in [1.54, 1.807) is 24.4 Å². The Kier molecular flexibility index (Phi) is 3.73. The summed E-state index contributed by atoms with van der Waals surface area (Å²) in [5.41, 5.74) is 0.194. The molecule has 1 fully saturated rings. The van der Waals surface area contributed by atoms with Crippen LogP contribution in [0.1, 0.15) is 23.3 Å². The number of nitro groups is 1. The Labute approximate surface area is 125 Å². The average Bonchev–Trinajstić information content (AvgIpc) is 3.19. The second-order valence-electron chi connectivity index (χ2n) is 4.99. The molecule has 2 aromatic rings. The average molecular weight is 302 g/mol. The van der Waals surface area contributed by atoms with Crippen molar-refractivity contribution in [2.45, 2.75) is 25.6 Å². The first kappa shape index (κ1) is 14.1. The zero-order chi connectivity index (χ0) is 15.5. The van der Waals surface area contributed by atoms with Crippen LogP contribution in [0.25, 0.3) is 0 Å². The number of ether oxygens (including phenoxy) is 1. The highest BCUT2D eigenvalue weighted by Gasteiger charge is 2.24. The zero-order valence-electron chi connectivity index (χ0n) is 11.6. The number of nitrogens with zero attached hydrogens (tertiary/aromatic N) is 3. The topological polar surface area (TPSA) is 99.3 Å². The summed E-state index contributed by atoms with van der Waals surface area (Å²) in [6, 6.07) is 7.95. The summed E-state index contributed by atoms with van der Waals surface area (Å²) in [7, 11) is 0. The summed E-state index contributed by atoms with van der Waals surface area (Å²) in [4.78, 5) is 22.2. The molecule has 1 aliphatic rings. The van der Waals surface area contributed by atoms with E-state index in [2.05, 4.69) is 10.4 Å². The van der Waals surface area contributed by atoms with Gasteiger partial charge in [-0.3, -0.25) is 14.9 Å². The molecule has 114 valence electrons. The third-order valence-corrected chi connectivity index (χ3v) is 3.20. The Balaban J connectivity index is 1.63. The van der Waals surface area contributed by atoms with E-state index in [0.29, 0.717) is 5.69 Å². The quantitative estimate of drug-likeness (QED) is 0.647. The van der Waals surface area contributed by atoms with Crippen molar-refractivity contribution in [2.24, 2.45) is 0 Å². The number of carbonyl (C=O) groups is 1. The van der Waals surface area contributed by atoms with E-state index in [4.69, 9.17) is 4.74 Å². The molecule has 1 N–H and O–H groups in total. The van der Waals surface area contributed by atoms with Gasteiger partial charge in [-0.25, -0.2) is 4.68 Å². The summed E-state index contributed by atoms with van der Waals surface area (Å²) < 4.78 is 6.81. The van der Waals surface area contributed by atoms with E-state index < -0.39 is 4.92 Å². The molecule has 1 aliphatic carbocycles. The molecular weight excluding hydrogens is 288 g/mol. The van der Waals surface area contributed by atoms with Crippen LogP contribution in [0.4, 0.5) is 5.69 Å². The van der Waals surface area contributed by atoms with Crippen LogP contribution in [0.3, 0.4) is 0 Å². The molecule has 0 saturated heterocycles. The lowest BCUT2D eigenvalue weighted by Gasteiger charge is -2.06. The number of para-hydroxylation sites is 2. The second-order valence-corrected chi connectivity index (χ2v) is 4.99. The van der Waals surface area contributed by atoms with Crippen LogP contribution in [-0.4, -0.2) is 26.7 Å². The Bertz CT molecular complexity index is 708. The van der Waals surface area contributed by atoms with Gasteiger partial charge in [-0.2, -0.15) is 5.10 Å². The Morgan fingerprint density at radius 1 is 1.41 bits per heavy atom. The Hall–Kier alpha value is -2.90. The van der Waals surface area contributed by atoms with Gasteiger partial charge in [0, 0.05) is 18.3 Å². The predicted octanol–water partition coefficient (Wildman–Crippen LogP) is 1.72. The summed E-state index contributed by atoms with van der Waals surface area (Å²) in [5, 5.41) is 17.8. The first-order valence-electron chi connectivity index (χ1n) is 6.84. The van der Waals surface area contributed by atoms with Crippen LogP contribution in [-0.2, 0) is 6.73 Å². The van der Waals surface area contributed by atoms with Gasteiger partial charge < -0.3 is 10.1 Å². The van der Waals surface area contributed by atoms with E-state index in [-0.39, 0.29) is 30.1 Å². The fourth-order valence-corrected chi connectivity index (χ4v) is 1.91. The fraction of sp³-hybridized carbons (Fsp3) is 0.286. The van der Waals surface area contributed by atoms with Gasteiger partial charge in [0.2, 0.25) is 0 Å². The molecule has 8 heteroatoms. The minimum Gasteiger partial charge on any atom is -0.464 e. The number of rotatable bonds is 6. The highest BCUT2D eigenvalue weighted by molar-refractivity contribution is 5.92. The van der Waals surface area contributed by atoms with Gasteiger partial charge in [0.15, 0.2) is 12.5 Å². The van der Waals surface area contributed by atoms with Crippen molar-refractivity contribution in [3.63, 3.8) is 0 Å². The van der Waals surface area contributed by atoms with Gasteiger partial charge in [-0.1, -0.05) is 12.1 Å². The SMILES string of the molecule is O=C(NC1CC1)c1ccn(COc2ccccc2[N+](=O)[O-])n1. The minimum absolute atomic E-state index is 0.0123. The standard InChI is InChI=1S/C14H14N4O4/c19-14(15-10-5-6-10)11-7-8-17(16-11)9-22-13-4-2-1-3-12(13)18(20)21/h1-4,7-8,10H,5-6,9H2,(H,15,19). The van der Waals surface area contributed by atoms with E-state index in [0.717, 1.165) is 12.8 Å². The van der Waals surface area contributed by atoms with Gasteiger partial charge in [-0.05, 0) is 25.0 Å². The maximum atomic E-state index is 11.8. The molecule has 0 unspecified atom stereocenters. The fourth-order valence-electron chi connectivity index (χ4n) is 1.91. The van der Waals surface area contributed by atoms with Gasteiger partial charge in [0.1, 0.15) is 5.69 Å². The largest absolute Gasteiger partial charge is 0.464 e. The highest BCUT2D eigenvalue weighted by atomic mass is 16.6.